The highest BCUT2D eigenvalue weighted by Crippen LogP contribution is 2.33. The summed E-state index contributed by atoms with van der Waals surface area (Å²) < 4.78 is 40.7. The first kappa shape index (κ1) is 8.83. The normalized spacial score (nSPS) is 11.3. The van der Waals surface area contributed by atoms with Gasteiger partial charge in [-0.2, -0.15) is 13.2 Å². The average molecular weight is 176 g/mol. The maximum Gasteiger partial charge on any atom is 0.437 e. The van der Waals surface area contributed by atoms with Crippen LogP contribution in [0.4, 0.5) is 13.2 Å². The van der Waals surface area contributed by atoms with Crippen LogP contribution in [0.2, 0.25) is 0 Å². The highest BCUT2D eigenvalue weighted by molar-refractivity contribution is 5.28. The minimum absolute atomic E-state index is 0.291. The van der Waals surface area contributed by atoms with Gasteiger partial charge in [0.1, 0.15) is 5.75 Å². The second-order valence-corrected chi connectivity index (χ2v) is 1.99. The van der Waals surface area contributed by atoms with Gasteiger partial charge in [-0.15, -0.1) is 0 Å². The van der Waals surface area contributed by atoms with Crippen LogP contribution in [0.15, 0.2) is 12.1 Å². The van der Waals surface area contributed by atoms with Crippen LogP contribution in [-0.4, -0.2) is 12.1 Å². The largest absolute Gasteiger partial charge is 0.494 e. The smallest absolute Gasteiger partial charge is 0.437 e. The Bertz CT molecular complexity index is 272. The molecular formula is C7H5F3NO. The molecule has 0 fully saturated rings. The summed E-state index contributed by atoms with van der Waals surface area (Å²) in [5.41, 5.74) is -1.05. The summed E-state index contributed by atoms with van der Waals surface area (Å²) in [5, 5.41) is 0. The third-order valence-electron chi connectivity index (χ3n) is 1.21. The molecule has 1 aromatic heterocycles. The lowest BCUT2D eigenvalue weighted by Gasteiger charge is -2.08. The van der Waals surface area contributed by atoms with Gasteiger partial charge in [-0.05, 0) is 12.1 Å². The number of rotatable bonds is 1. The molecule has 1 heterocycles. The lowest BCUT2D eigenvalue weighted by Crippen LogP contribution is -2.09. The maximum atomic E-state index is 12.1. The van der Waals surface area contributed by atoms with Crippen molar-refractivity contribution in [2.45, 2.75) is 6.18 Å². The molecule has 0 saturated heterocycles. The van der Waals surface area contributed by atoms with Crippen LogP contribution < -0.4 is 4.74 Å². The molecule has 0 spiro atoms. The summed E-state index contributed by atoms with van der Waals surface area (Å²) in [6.45, 7) is 0. The molecule has 0 bridgehead atoms. The Balaban J connectivity index is 3.14. The Morgan fingerprint density at radius 2 is 2.17 bits per heavy atom. The molecule has 0 N–H and O–H groups in total. The van der Waals surface area contributed by atoms with E-state index in [4.69, 9.17) is 0 Å². The number of halogens is 3. The van der Waals surface area contributed by atoms with E-state index in [9.17, 15) is 13.2 Å². The first-order valence-corrected chi connectivity index (χ1v) is 3.04. The quantitative estimate of drug-likeness (QED) is 0.652. The van der Waals surface area contributed by atoms with Crippen molar-refractivity contribution in [3.8, 4) is 5.75 Å². The lowest BCUT2D eigenvalue weighted by molar-refractivity contribution is -0.142. The van der Waals surface area contributed by atoms with Gasteiger partial charge in [0, 0.05) is 0 Å². The van der Waals surface area contributed by atoms with Crippen LogP contribution in [0.25, 0.3) is 0 Å². The molecule has 0 amide bonds. The van der Waals surface area contributed by atoms with Crippen LogP contribution >= 0.6 is 0 Å². The topological polar surface area (TPSA) is 22.1 Å². The zero-order chi connectivity index (χ0) is 9.19. The van der Waals surface area contributed by atoms with Crippen molar-refractivity contribution in [1.29, 1.82) is 0 Å². The number of hydrogen-bond donors (Lipinski definition) is 0. The molecule has 1 radical (unpaired) electrons. The van der Waals surface area contributed by atoms with Crippen molar-refractivity contribution in [3.05, 3.63) is 24.0 Å². The molecule has 2 nitrogen and oxygen atoms in total. The summed E-state index contributed by atoms with van der Waals surface area (Å²) in [4.78, 5) is 3.05. The van der Waals surface area contributed by atoms with Gasteiger partial charge in [0.05, 0.1) is 13.3 Å². The number of ether oxygens (including phenoxy) is 1. The van der Waals surface area contributed by atoms with Gasteiger partial charge in [-0.3, -0.25) is 0 Å². The molecule has 0 aliphatic rings. The van der Waals surface area contributed by atoms with E-state index in [-0.39, 0.29) is 5.75 Å². The van der Waals surface area contributed by atoms with E-state index in [0.29, 0.717) is 0 Å². The summed E-state index contributed by atoms with van der Waals surface area (Å²) in [7, 11) is 1.16. The molecule has 1 aromatic rings. The fraction of sp³-hybridized carbons (Fsp3) is 0.286. The lowest BCUT2D eigenvalue weighted by atomic mass is 10.3. The minimum Gasteiger partial charge on any atom is -0.494 e. The van der Waals surface area contributed by atoms with Crippen molar-refractivity contribution in [1.82, 2.24) is 4.98 Å². The number of alkyl halides is 3. The van der Waals surface area contributed by atoms with Crippen LogP contribution in [0.1, 0.15) is 5.69 Å². The maximum absolute atomic E-state index is 12.1. The van der Waals surface area contributed by atoms with Crippen molar-refractivity contribution >= 4 is 0 Å². The molecule has 0 saturated carbocycles. The first-order chi connectivity index (χ1) is 5.55. The highest BCUT2D eigenvalue weighted by Gasteiger charge is 2.35. The first-order valence-electron chi connectivity index (χ1n) is 3.04. The fourth-order valence-electron chi connectivity index (χ4n) is 0.717. The van der Waals surface area contributed by atoms with Gasteiger partial charge in [-0.1, -0.05) is 0 Å². The number of pyridine rings is 1. The predicted molar refractivity (Wildman–Crippen MR) is 34.6 cm³/mol. The summed E-state index contributed by atoms with van der Waals surface area (Å²) >= 11 is 0. The Morgan fingerprint density at radius 3 is 2.58 bits per heavy atom. The molecular weight excluding hydrogens is 171 g/mol. The van der Waals surface area contributed by atoms with E-state index >= 15 is 0 Å². The number of hydrogen-bond acceptors (Lipinski definition) is 2. The third-order valence-corrected chi connectivity index (χ3v) is 1.21. The number of aromatic nitrogens is 1. The van der Waals surface area contributed by atoms with Gasteiger partial charge in [0.2, 0.25) is 0 Å². The standard InChI is InChI=1S/C7H5F3NO/c1-12-5-3-2-4-11-6(5)7(8,9)10/h2-3H,1H3. The van der Waals surface area contributed by atoms with Crippen molar-refractivity contribution in [2.24, 2.45) is 0 Å². The SMILES string of the molecule is COc1cc[c]nc1C(F)(F)F. The molecule has 5 heteroatoms. The summed E-state index contributed by atoms with van der Waals surface area (Å²) in [6.07, 6.45) is -2.39. The predicted octanol–water partition coefficient (Wildman–Crippen LogP) is 1.91. The van der Waals surface area contributed by atoms with Crippen LogP contribution in [0, 0.1) is 6.20 Å². The molecule has 0 aromatic carbocycles. The Hall–Kier alpha value is -1.26. The fourth-order valence-corrected chi connectivity index (χ4v) is 0.717. The molecule has 1 rings (SSSR count). The Labute approximate surface area is 67.0 Å². The van der Waals surface area contributed by atoms with Crippen molar-refractivity contribution in [2.75, 3.05) is 7.11 Å². The molecule has 0 atom stereocenters. The zero-order valence-corrected chi connectivity index (χ0v) is 6.14. The number of nitrogens with zero attached hydrogens (tertiary/aromatic N) is 1. The van der Waals surface area contributed by atoms with E-state index in [2.05, 4.69) is 15.9 Å². The highest BCUT2D eigenvalue weighted by atomic mass is 19.4. The van der Waals surface area contributed by atoms with E-state index in [1.807, 2.05) is 0 Å². The van der Waals surface area contributed by atoms with Crippen LogP contribution in [0.5, 0.6) is 5.75 Å². The zero-order valence-electron chi connectivity index (χ0n) is 6.14. The van der Waals surface area contributed by atoms with Gasteiger partial charge in [0.15, 0.2) is 5.69 Å². The minimum atomic E-state index is -4.48. The third kappa shape index (κ3) is 1.66. The van der Waals surface area contributed by atoms with Crippen molar-refractivity contribution < 1.29 is 17.9 Å². The molecule has 0 aliphatic carbocycles. The van der Waals surface area contributed by atoms with Gasteiger partial charge in [0.25, 0.3) is 0 Å². The van der Waals surface area contributed by atoms with E-state index < -0.39 is 11.9 Å². The molecule has 65 valence electrons. The monoisotopic (exact) mass is 176 g/mol. The summed E-state index contributed by atoms with van der Waals surface area (Å²) in [6, 6.07) is 2.42. The molecule has 12 heavy (non-hydrogen) atoms. The van der Waals surface area contributed by atoms with E-state index in [0.717, 1.165) is 13.2 Å². The average Bonchev–Trinajstić information content (AvgIpc) is 2.03. The molecule has 0 aliphatic heterocycles. The van der Waals surface area contributed by atoms with E-state index in [1.165, 1.54) is 6.07 Å². The van der Waals surface area contributed by atoms with E-state index in [1.54, 1.807) is 0 Å². The van der Waals surface area contributed by atoms with Gasteiger partial charge < -0.3 is 4.74 Å². The summed E-state index contributed by atoms with van der Waals surface area (Å²) in [5.74, 6) is -0.291. The van der Waals surface area contributed by atoms with Crippen molar-refractivity contribution in [3.63, 3.8) is 0 Å². The Kier molecular flexibility index (Phi) is 2.21. The second-order valence-electron chi connectivity index (χ2n) is 1.99. The Morgan fingerprint density at radius 1 is 1.50 bits per heavy atom. The number of methoxy groups -OCH3 is 1. The van der Waals surface area contributed by atoms with Crippen LogP contribution in [-0.2, 0) is 6.18 Å². The van der Waals surface area contributed by atoms with Gasteiger partial charge in [-0.25, -0.2) is 4.98 Å². The second kappa shape index (κ2) is 3.00. The van der Waals surface area contributed by atoms with Gasteiger partial charge >= 0.3 is 6.18 Å². The van der Waals surface area contributed by atoms with Crippen LogP contribution in [0.3, 0.4) is 0 Å². The molecule has 0 unspecified atom stereocenters.